The van der Waals surface area contributed by atoms with Crippen molar-refractivity contribution in [1.82, 2.24) is 0 Å². The average molecular weight is 250 g/mol. The predicted molar refractivity (Wildman–Crippen MR) is 49.7 cm³/mol. The molecule has 0 aromatic heterocycles. The first kappa shape index (κ1) is 9.59. The molecule has 0 radical (unpaired) electrons. The molecule has 0 amide bonds. The van der Waals surface area contributed by atoms with Crippen LogP contribution in [0.15, 0.2) is 18.2 Å². The van der Waals surface area contributed by atoms with Crippen LogP contribution in [0.2, 0.25) is 10.8 Å². The number of hydrogen-bond donors (Lipinski definition) is 1. The van der Waals surface area contributed by atoms with Crippen LogP contribution in [0.4, 0.5) is 0 Å². The van der Waals surface area contributed by atoms with Gasteiger partial charge < -0.3 is 0 Å². The summed E-state index contributed by atoms with van der Waals surface area (Å²) < 4.78 is 0.836. The fourth-order valence-electron chi connectivity index (χ4n) is 0.842. The molecule has 2 nitrogen and oxygen atoms in total. The van der Waals surface area contributed by atoms with Gasteiger partial charge in [0.2, 0.25) is 0 Å². The van der Waals surface area contributed by atoms with E-state index in [4.69, 9.17) is 16.7 Å². The van der Waals surface area contributed by atoms with Crippen LogP contribution >= 0.6 is 11.6 Å². The SMILES string of the molecule is C[Se]c1cc(Cl)ccc1C(=O)O. The van der Waals surface area contributed by atoms with Crippen LogP contribution in [-0.4, -0.2) is 26.0 Å². The zero-order valence-corrected chi connectivity index (χ0v) is 8.84. The Morgan fingerprint density at radius 1 is 1.58 bits per heavy atom. The van der Waals surface area contributed by atoms with Crippen LogP contribution in [0, 0.1) is 0 Å². The van der Waals surface area contributed by atoms with Gasteiger partial charge in [0.05, 0.1) is 0 Å². The fraction of sp³-hybridized carbons (Fsp3) is 0.125. The molecule has 0 atom stereocenters. The predicted octanol–water partition coefficient (Wildman–Crippen LogP) is 1.42. The Morgan fingerprint density at radius 2 is 2.25 bits per heavy atom. The van der Waals surface area contributed by atoms with E-state index in [0.29, 0.717) is 10.6 Å². The van der Waals surface area contributed by atoms with Crippen LogP contribution in [0.5, 0.6) is 0 Å². The van der Waals surface area contributed by atoms with Crippen molar-refractivity contribution in [2.24, 2.45) is 0 Å². The van der Waals surface area contributed by atoms with E-state index in [1.54, 1.807) is 18.2 Å². The zero-order chi connectivity index (χ0) is 9.14. The number of rotatable bonds is 2. The Labute approximate surface area is 81.7 Å². The van der Waals surface area contributed by atoms with Crippen molar-refractivity contribution in [2.45, 2.75) is 5.82 Å². The molecule has 0 heterocycles. The Balaban J connectivity index is 3.20. The number of benzene rings is 1. The normalized spacial score (nSPS) is 9.83. The van der Waals surface area contributed by atoms with E-state index >= 15 is 0 Å². The standard InChI is InChI=1S/C8H7ClO2Se/c1-12-7-4-5(9)2-3-6(7)8(10)11/h2-4H,1H3,(H,10,11). The number of aromatic carboxylic acids is 1. The Bertz CT molecular complexity index is 312. The maximum absolute atomic E-state index is 10.7. The topological polar surface area (TPSA) is 37.3 Å². The molecule has 1 aromatic carbocycles. The summed E-state index contributed by atoms with van der Waals surface area (Å²) in [6.07, 6.45) is 0. The van der Waals surface area contributed by atoms with Gasteiger partial charge in [-0.1, -0.05) is 0 Å². The van der Waals surface area contributed by atoms with Gasteiger partial charge in [0.25, 0.3) is 0 Å². The second kappa shape index (κ2) is 3.94. The molecular formula is C8H7ClO2Se. The van der Waals surface area contributed by atoms with Gasteiger partial charge in [0, 0.05) is 0 Å². The number of carboxylic acids is 1. The summed E-state index contributed by atoms with van der Waals surface area (Å²) in [7, 11) is 0. The molecule has 64 valence electrons. The molecule has 0 bridgehead atoms. The van der Waals surface area contributed by atoms with E-state index in [2.05, 4.69) is 0 Å². The van der Waals surface area contributed by atoms with Crippen molar-refractivity contribution in [3.63, 3.8) is 0 Å². The third-order valence-corrected chi connectivity index (χ3v) is 3.26. The Hall–Kier alpha value is -0.501. The number of halogens is 1. The molecule has 0 saturated carbocycles. The minimum atomic E-state index is -0.884. The molecule has 12 heavy (non-hydrogen) atoms. The first-order valence-corrected chi connectivity index (χ1v) is 6.16. The van der Waals surface area contributed by atoms with E-state index in [1.807, 2.05) is 5.82 Å². The third kappa shape index (κ3) is 2.01. The third-order valence-electron chi connectivity index (χ3n) is 1.39. The minimum absolute atomic E-state index is 0.165. The van der Waals surface area contributed by atoms with E-state index in [9.17, 15) is 4.79 Å². The van der Waals surface area contributed by atoms with E-state index in [0.717, 1.165) is 4.46 Å². The van der Waals surface area contributed by atoms with Gasteiger partial charge >= 0.3 is 81.5 Å². The first-order valence-electron chi connectivity index (χ1n) is 3.22. The number of carbonyl (C=O) groups is 1. The van der Waals surface area contributed by atoms with Crippen LogP contribution in [-0.2, 0) is 0 Å². The van der Waals surface area contributed by atoms with Crippen molar-refractivity contribution in [2.75, 3.05) is 0 Å². The molecule has 4 heteroatoms. The first-order chi connectivity index (χ1) is 5.65. The van der Waals surface area contributed by atoms with Crippen LogP contribution in [0.1, 0.15) is 10.4 Å². The second-order valence-corrected chi connectivity index (χ2v) is 4.37. The molecule has 0 spiro atoms. The molecule has 1 rings (SSSR count). The zero-order valence-electron chi connectivity index (χ0n) is 6.37. The Kier molecular flexibility index (Phi) is 3.15. The summed E-state index contributed by atoms with van der Waals surface area (Å²) >= 11 is 5.88. The van der Waals surface area contributed by atoms with Crippen molar-refractivity contribution in [3.8, 4) is 0 Å². The van der Waals surface area contributed by atoms with Crippen LogP contribution < -0.4 is 4.46 Å². The number of hydrogen-bond acceptors (Lipinski definition) is 1. The number of carboxylic acid groups (broad SMARTS) is 1. The van der Waals surface area contributed by atoms with Crippen molar-refractivity contribution in [1.29, 1.82) is 0 Å². The van der Waals surface area contributed by atoms with Crippen molar-refractivity contribution < 1.29 is 9.90 Å². The van der Waals surface area contributed by atoms with Crippen molar-refractivity contribution in [3.05, 3.63) is 28.8 Å². The molecule has 0 aliphatic heterocycles. The van der Waals surface area contributed by atoms with Gasteiger partial charge in [-0.25, -0.2) is 0 Å². The van der Waals surface area contributed by atoms with E-state index < -0.39 is 5.97 Å². The van der Waals surface area contributed by atoms with E-state index in [-0.39, 0.29) is 15.0 Å². The van der Waals surface area contributed by atoms with Gasteiger partial charge in [-0.2, -0.15) is 0 Å². The van der Waals surface area contributed by atoms with Crippen molar-refractivity contribution >= 4 is 37.0 Å². The fourth-order valence-corrected chi connectivity index (χ4v) is 2.46. The second-order valence-electron chi connectivity index (χ2n) is 2.15. The summed E-state index contributed by atoms with van der Waals surface area (Å²) in [6.45, 7) is 0. The molecule has 1 aromatic rings. The maximum atomic E-state index is 10.7. The van der Waals surface area contributed by atoms with Gasteiger partial charge in [0.15, 0.2) is 0 Å². The van der Waals surface area contributed by atoms with Gasteiger partial charge in [-0.3, -0.25) is 0 Å². The Morgan fingerprint density at radius 3 is 2.75 bits per heavy atom. The molecular weight excluding hydrogens is 242 g/mol. The summed E-state index contributed by atoms with van der Waals surface area (Å²) in [4.78, 5) is 10.7. The molecule has 0 saturated heterocycles. The molecule has 1 N–H and O–H groups in total. The summed E-state index contributed by atoms with van der Waals surface area (Å²) in [5.41, 5.74) is 0.363. The van der Waals surface area contributed by atoms with Gasteiger partial charge in [-0.15, -0.1) is 0 Å². The molecule has 0 fully saturated rings. The van der Waals surface area contributed by atoms with Gasteiger partial charge in [-0.05, 0) is 0 Å². The van der Waals surface area contributed by atoms with Crippen LogP contribution in [0.25, 0.3) is 0 Å². The molecule has 0 aliphatic carbocycles. The average Bonchev–Trinajstić information content (AvgIpc) is 2.03. The quantitative estimate of drug-likeness (QED) is 0.805. The van der Waals surface area contributed by atoms with Crippen LogP contribution in [0.3, 0.4) is 0 Å². The molecule has 0 aliphatic rings. The summed E-state index contributed by atoms with van der Waals surface area (Å²) in [6, 6.07) is 4.86. The summed E-state index contributed by atoms with van der Waals surface area (Å²) in [5, 5.41) is 9.35. The molecule has 0 unspecified atom stereocenters. The monoisotopic (exact) mass is 250 g/mol. The van der Waals surface area contributed by atoms with E-state index in [1.165, 1.54) is 0 Å². The van der Waals surface area contributed by atoms with Gasteiger partial charge in [0.1, 0.15) is 0 Å². The summed E-state index contributed by atoms with van der Waals surface area (Å²) in [5.74, 6) is 1.08.